The highest BCUT2D eigenvalue weighted by atomic mass is 35.5. The van der Waals surface area contributed by atoms with Crippen LogP contribution >= 0.6 is 22.9 Å². The predicted octanol–water partition coefficient (Wildman–Crippen LogP) is 3.28. The summed E-state index contributed by atoms with van der Waals surface area (Å²) in [6.45, 7) is 0.162. The van der Waals surface area contributed by atoms with Crippen LogP contribution in [0, 0.1) is 0 Å². The summed E-state index contributed by atoms with van der Waals surface area (Å²) in [5.41, 5.74) is 2.10. The monoisotopic (exact) mass is 366 g/mol. The molecule has 2 rings (SSSR count). The fourth-order valence-corrected chi connectivity index (χ4v) is 2.93. The molecule has 0 atom stereocenters. The van der Waals surface area contributed by atoms with Crippen molar-refractivity contribution >= 4 is 40.5 Å². The van der Waals surface area contributed by atoms with Gasteiger partial charge in [0.25, 0.3) is 5.91 Å². The van der Waals surface area contributed by atoms with Gasteiger partial charge in [0.15, 0.2) is 6.61 Å². The summed E-state index contributed by atoms with van der Waals surface area (Å²) in [6.07, 6.45) is 0. The summed E-state index contributed by atoms with van der Waals surface area (Å²) in [6, 6.07) is 11.1. The maximum Gasteiger partial charge on any atom is 0.348 e. The molecule has 1 heterocycles. The smallest absolute Gasteiger partial charge is 0.348 e. The maximum absolute atomic E-state index is 12.1. The third kappa shape index (κ3) is 4.97. The molecule has 0 fully saturated rings. The Labute approximate surface area is 150 Å². The van der Waals surface area contributed by atoms with Gasteiger partial charge >= 0.3 is 5.97 Å². The maximum atomic E-state index is 12.1. The number of anilines is 1. The van der Waals surface area contributed by atoms with Crippen molar-refractivity contribution in [3.63, 3.8) is 0 Å². The third-order valence-corrected chi connectivity index (χ3v) is 4.61. The summed E-state index contributed by atoms with van der Waals surface area (Å²) in [4.78, 5) is 27.8. The van der Waals surface area contributed by atoms with E-state index in [4.69, 9.17) is 16.3 Å². The second-order valence-corrected chi connectivity index (χ2v) is 7.21. The Morgan fingerprint density at radius 1 is 1.08 bits per heavy atom. The van der Waals surface area contributed by atoms with E-state index >= 15 is 0 Å². The molecule has 0 bridgehead atoms. The highest BCUT2D eigenvalue weighted by molar-refractivity contribution is 7.17. The summed E-state index contributed by atoms with van der Waals surface area (Å²) in [7, 11) is 5.62. The first-order valence-electron chi connectivity index (χ1n) is 7.29. The number of hydrogen-bond acceptors (Lipinski definition) is 5. The lowest BCUT2D eigenvalue weighted by molar-refractivity contribution is -0.133. The number of rotatable bonds is 6. The van der Waals surface area contributed by atoms with E-state index in [1.165, 1.54) is 4.90 Å². The standard InChI is InChI=1S/C17H19ClN2O3S/c1-19(2)13-6-4-12(5-7-13)10-20(3)16(21)11-23-17(22)14-8-9-15(18)24-14/h4-9H,10-11H2,1-3H3. The van der Waals surface area contributed by atoms with E-state index < -0.39 is 5.97 Å². The summed E-state index contributed by atoms with van der Waals surface area (Å²) >= 11 is 6.90. The van der Waals surface area contributed by atoms with Gasteiger partial charge in [-0.2, -0.15) is 0 Å². The molecule has 2 aromatic rings. The van der Waals surface area contributed by atoms with Crippen molar-refractivity contribution in [2.24, 2.45) is 0 Å². The number of halogens is 1. The van der Waals surface area contributed by atoms with Crippen molar-refractivity contribution in [3.8, 4) is 0 Å². The molecule has 0 radical (unpaired) electrons. The number of nitrogens with zero attached hydrogens (tertiary/aromatic N) is 2. The second-order valence-electron chi connectivity index (χ2n) is 5.49. The first-order chi connectivity index (χ1) is 11.4. The molecular weight excluding hydrogens is 348 g/mol. The van der Waals surface area contributed by atoms with Crippen molar-refractivity contribution in [2.75, 3.05) is 32.6 Å². The van der Waals surface area contributed by atoms with Gasteiger partial charge in [-0.15, -0.1) is 11.3 Å². The lowest BCUT2D eigenvalue weighted by Gasteiger charge is -2.18. The number of amides is 1. The van der Waals surface area contributed by atoms with Crippen LogP contribution in [0.1, 0.15) is 15.2 Å². The molecule has 0 saturated heterocycles. The van der Waals surface area contributed by atoms with Crippen LogP contribution in [0.2, 0.25) is 4.34 Å². The lowest BCUT2D eigenvalue weighted by Crippen LogP contribution is -2.30. The molecule has 0 saturated carbocycles. The predicted molar refractivity (Wildman–Crippen MR) is 96.9 cm³/mol. The van der Waals surface area contributed by atoms with Crippen LogP contribution in [0.15, 0.2) is 36.4 Å². The summed E-state index contributed by atoms with van der Waals surface area (Å²) < 4.78 is 5.53. The first kappa shape index (κ1) is 18.3. The Morgan fingerprint density at radius 3 is 2.29 bits per heavy atom. The molecule has 24 heavy (non-hydrogen) atoms. The van der Waals surface area contributed by atoms with Crippen molar-refractivity contribution < 1.29 is 14.3 Å². The van der Waals surface area contributed by atoms with E-state index in [-0.39, 0.29) is 12.5 Å². The molecule has 1 aromatic heterocycles. The second kappa shape index (κ2) is 8.17. The van der Waals surface area contributed by atoms with Gasteiger partial charge in [0, 0.05) is 33.4 Å². The molecule has 5 nitrogen and oxygen atoms in total. The number of benzene rings is 1. The van der Waals surface area contributed by atoms with Gasteiger partial charge in [0.1, 0.15) is 4.88 Å². The third-order valence-electron chi connectivity index (χ3n) is 3.40. The Bertz CT molecular complexity index is 713. The van der Waals surface area contributed by atoms with Crippen molar-refractivity contribution in [2.45, 2.75) is 6.54 Å². The normalized spacial score (nSPS) is 10.3. The minimum atomic E-state index is -0.538. The van der Waals surface area contributed by atoms with Crippen LogP contribution in [0.3, 0.4) is 0 Å². The molecule has 0 N–H and O–H groups in total. The Morgan fingerprint density at radius 2 is 1.75 bits per heavy atom. The van der Waals surface area contributed by atoms with Crippen LogP contribution in [-0.2, 0) is 16.1 Å². The number of carbonyl (C=O) groups excluding carboxylic acids is 2. The van der Waals surface area contributed by atoms with Crippen LogP contribution in [0.4, 0.5) is 5.69 Å². The molecule has 7 heteroatoms. The average molecular weight is 367 g/mol. The Hall–Kier alpha value is -2.05. The van der Waals surface area contributed by atoms with Crippen molar-refractivity contribution in [3.05, 3.63) is 51.2 Å². The fourth-order valence-electron chi connectivity index (χ4n) is 1.99. The van der Waals surface area contributed by atoms with Gasteiger partial charge in [0.05, 0.1) is 4.34 Å². The molecule has 1 aromatic carbocycles. The average Bonchev–Trinajstić information content (AvgIpc) is 2.99. The molecule has 0 aliphatic rings. The molecule has 1 amide bonds. The van der Waals surface area contributed by atoms with Gasteiger partial charge in [-0.25, -0.2) is 4.79 Å². The molecule has 128 valence electrons. The van der Waals surface area contributed by atoms with Gasteiger partial charge in [-0.3, -0.25) is 4.79 Å². The number of esters is 1. The van der Waals surface area contributed by atoms with Crippen molar-refractivity contribution in [1.29, 1.82) is 0 Å². The fraction of sp³-hybridized carbons (Fsp3) is 0.294. The number of ether oxygens (including phenoxy) is 1. The quantitative estimate of drug-likeness (QED) is 0.736. The van der Waals surface area contributed by atoms with Gasteiger partial charge in [-0.05, 0) is 29.8 Å². The van der Waals surface area contributed by atoms with E-state index in [1.54, 1.807) is 19.2 Å². The van der Waals surface area contributed by atoms with Gasteiger partial charge in [0.2, 0.25) is 0 Å². The highest BCUT2D eigenvalue weighted by Crippen LogP contribution is 2.22. The van der Waals surface area contributed by atoms with Gasteiger partial charge in [-0.1, -0.05) is 23.7 Å². The first-order valence-corrected chi connectivity index (χ1v) is 8.49. The summed E-state index contributed by atoms with van der Waals surface area (Å²) in [5.74, 6) is -0.799. The Kier molecular flexibility index (Phi) is 6.23. The van der Waals surface area contributed by atoms with Crippen LogP contribution in [0.5, 0.6) is 0 Å². The van der Waals surface area contributed by atoms with Crippen LogP contribution in [0.25, 0.3) is 0 Å². The molecule has 0 aliphatic heterocycles. The zero-order valence-corrected chi connectivity index (χ0v) is 15.4. The lowest BCUT2D eigenvalue weighted by atomic mass is 10.2. The number of hydrogen-bond donors (Lipinski definition) is 0. The van der Waals surface area contributed by atoms with E-state index in [2.05, 4.69) is 0 Å². The zero-order valence-electron chi connectivity index (χ0n) is 13.8. The summed E-state index contributed by atoms with van der Waals surface area (Å²) in [5, 5.41) is 0. The van der Waals surface area contributed by atoms with E-state index in [9.17, 15) is 9.59 Å². The molecular formula is C17H19ClN2O3S. The Balaban J connectivity index is 1.84. The molecule has 0 spiro atoms. The minimum Gasteiger partial charge on any atom is -0.451 e. The largest absolute Gasteiger partial charge is 0.451 e. The molecule has 0 aliphatic carbocycles. The van der Waals surface area contributed by atoms with Crippen molar-refractivity contribution in [1.82, 2.24) is 4.90 Å². The topological polar surface area (TPSA) is 49.9 Å². The number of likely N-dealkylation sites (N-methyl/N-ethyl adjacent to an activating group) is 1. The van der Waals surface area contributed by atoms with Gasteiger partial charge < -0.3 is 14.5 Å². The van der Waals surface area contributed by atoms with Crippen LogP contribution < -0.4 is 4.90 Å². The van der Waals surface area contributed by atoms with Crippen LogP contribution in [-0.4, -0.2) is 44.5 Å². The van der Waals surface area contributed by atoms with E-state index in [1.807, 2.05) is 43.3 Å². The minimum absolute atomic E-state index is 0.261. The molecule has 0 unspecified atom stereocenters. The highest BCUT2D eigenvalue weighted by Gasteiger charge is 2.15. The zero-order chi connectivity index (χ0) is 17.7. The number of thiophene rings is 1. The SMILES string of the molecule is CN(Cc1ccc(N(C)C)cc1)C(=O)COC(=O)c1ccc(Cl)s1. The van der Waals surface area contributed by atoms with E-state index in [0.717, 1.165) is 22.6 Å². The van der Waals surface area contributed by atoms with E-state index in [0.29, 0.717) is 15.8 Å². The number of carbonyl (C=O) groups is 2.